The number of amides is 1. The number of rotatable bonds is 4. The zero-order chi connectivity index (χ0) is 20.4. The number of aryl methyl sites for hydroxylation is 2. The molecule has 6 nitrogen and oxygen atoms in total. The number of nitrogens with one attached hydrogen (secondary N) is 2. The lowest BCUT2D eigenvalue weighted by Gasteiger charge is -2.10. The first-order valence-electron chi connectivity index (χ1n) is 9.11. The molecule has 28 heavy (non-hydrogen) atoms. The van der Waals surface area contributed by atoms with E-state index in [1.165, 1.54) is 0 Å². The summed E-state index contributed by atoms with van der Waals surface area (Å²) in [6, 6.07) is 12.7. The summed E-state index contributed by atoms with van der Waals surface area (Å²) >= 11 is 0. The Hall–Kier alpha value is -3.41. The number of carbonyl (C=O) groups excluding carboxylic acids is 1. The van der Waals surface area contributed by atoms with Gasteiger partial charge in [0.1, 0.15) is 5.56 Å². The maximum absolute atomic E-state index is 12.8. The molecule has 0 saturated carbocycles. The second kappa shape index (κ2) is 7.68. The van der Waals surface area contributed by atoms with Crippen molar-refractivity contribution in [2.45, 2.75) is 33.6 Å². The summed E-state index contributed by atoms with van der Waals surface area (Å²) in [5.41, 5.74) is 2.76. The quantitative estimate of drug-likeness (QED) is 0.730. The van der Waals surface area contributed by atoms with Crippen molar-refractivity contribution in [1.29, 1.82) is 0 Å². The number of hydrogen-bond donors (Lipinski definition) is 2. The summed E-state index contributed by atoms with van der Waals surface area (Å²) < 4.78 is 0.975. The van der Waals surface area contributed by atoms with Crippen LogP contribution in [0.3, 0.4) is 0 Å². The molecule has 2 aromatic carbocycles. The lowest BCUT2D eigenvalue weighted by atomic mass is 10.0. The number of aromatic nitrogens is 2. The van der Waals surface area contributed by atoms with Gasteiger partial charge in [-0.05, 0) is 60.7 Å². The lowest BCUT2D eigenvalue weighted by molar-refractivity contribution is 0.102. The molecule has 1 aromatic heterocycles. The average molecular weight is 377 g/mol. The van der Waals surface area contributed by atoms with Crippen LogP contribution in [0.1, 0.15) is 46.8 Å². The van der Waals surface area contributed by atoms with Crippen molar-refractivity contribution < 1.29 is 4.79 Å². The van der Waals surface area contributed by atoms with E-state index in [-0.39, 0.29) is 5.56 Å². The van der Waals surface area contributed by atoms with Gasteiger partial charge in [0.25, 0.3) is 11.5 Å². The van der Waals surface area contributed by atoms with E-state index >= 15 is 0 Å². The molecule has 0 fully saturated rings. The van der Waals surface area contributed by atoms with Gasteiger partial charge in [-0.15, -0.1) is 0 Å². The Morgan fingerprint density at radius 3 is 2.29 bits per heavy atom. The van der Waals surface area contributed by atoms with Gasteiger partial charge in [0.15, 0.2) is 0 Å². The molecule has 2 N–H and O–H groups in total. The van der Waals surface area contributed by atoms with Crippen LogP contribution in [0.4, 0.5) is 5.69 Å². The Bertz CT molecular complexity index is 1140. The van der Waals surface area contributed by atoms with Crippen LogP contribution in [0.5, 0.6) is 0 Å². The topological polar surface area (TPSA) is 84.0 Å². The third-order valence-electron chi connectivity index (χ3n) is 4.81. The smallest absolute Gasteiger partial charge is 0.322 e. The number of aromatic amines is 1. The zero-order valence-corrected chi connectivity index (χ0v) is 16.4. The highest BCUT2D eigenvalue weighted by Crippen LogP contribution is 2.17. The zero-order valence-electron chi connectivity index (χ0n) is 16.4. The Morgan fingerprint density at radius 2 is 1.68 bits per heavy atom. The molecule has 144 valence electrons. The highest BCUT2D eigenvalue weighted by molar-refractivity contribution is 6.03. The van der Waals surface area contributed by atoms with Gasteiger partial charge in [0.05, 0.1) is 5.69 Å². The highest BCUT2D eigenvalue weighted by Gasteiger charge is 2.16. The summed E-state index contributed by atoms with van der Waals surface area (Å²) in [5, 5.41) is 2.71. The molecule has 1 heterocycles. The minimum atomic E-state index is -0.664. The van der Waals surface area contributed by atoms with E-state index in [0.717, 1.165) is 27.5 Å². The van der Waals surface area contributed by atoms with Gasteiger partial charge in [0.2, 0.25) is 0 Å². The normalized spacial score (nSPS) is 10.9. The molecule has 1 amide bonds. The van der Waals surface area contributed by atoms with Crippen molar-refractivity contribution in [1.82, 2.24) is 9.55 Å². The molecule has 0 aliphatic carbocycles. The first kappa shape index (κ1) is 19.4. The number of H-pyrrole nitrogens is 1. The Labute approximate surface area is 162 Å². The predicted octanol–water partition coefficient (Wildman–Crippen LogP) is 3.52. The summed E-state index contributed by atoms with van der Waals surface area (Å²) in [6.45, 7) is 8.02. The lowest BCUT2D eigenvalue weighted by Crippen LogP contribution is -2.38. The van der Waals surface area contributed by atoms with Crippen LogP contribution in [0.2, 0.25) is 0 Å². The van der Waals surface area contributed by atoms with E-state index in [4.69, 9.17) is 0 Å². The van der Waals surface area contributed by atoms with Gasteiger partial charge in [-0.25, -0.2) is 9.36 Å². The molecule has 0 bridgehead atoms. The Balaban J connectivity index is 1.96. The minimum absolute atomic E-state index is 0.134. The van der Waals surface area contributed by atoms with Gasteiger partial charge in [-0.2, -0.15) is 0 Å². The summed E-state index contributed by atoms with van der Waals surface area (Å²) in [4.78, 5) is 40.2. The third kappa shape index (κ3) is 3.81. The van der Waals surface area contributed by atoms with Gasteiger partial charge in [0, 0.05) is 11.9 Å². The highest BCUT2D eigenvalue weighted by atomic mass is 16.2. The molecular formula is C22H23N3O3. The molecule has 0 saturated heterocycles. The molecule has 3 aromatic rings. The molecule has 0 aliphatic heterocycles. The number of carbonyl (C=O) groups is 1. The van der Waals surface area contributed by atoms with Crippen molar-refractivity contribution in [3.63, 3.8) is 0 Å². The van der Waals surface area contributed by atoms with Crippen molar-refractivity contribution in [3.8, 4) is 5.69 Å². The summed E-state index contributed by atoms with van der Waals surface area (Å²) in [6.07, 6.45) is 1.15. The van der Waals surface area contributed by atoms with Gasteiger partial charge >= 0.3 is 5.69 Å². The second-order valence-electron chi connectivity index (χ2n) is 7.15. The van der Waals surface area contributed by atoms with Crippen LogP contribution >= 0.6 is 0 Å². The van der Waals surface area contributed by atoms with Crippen LogP contribution in [0, 0.1) is 13.8 Å². The second-order valence-corrected chi connectivity index (χ2v) is 7.15. The molecule has 0 radical (unpaired) electrons. The van der Waals surface area contributed by atoms with Crippen molar-refractivity contribution >= 4 is 11.6 Å². The van der Waals surface area contributed by atoms with Gasteiger partial charge in [-0.3, -0.25) is 9.59 Å². The molecule has 0 aliphatic rings. The molecule has 3 rings (SSSR count). The third-order valence-corrected chi connectivity index (χ3v) is 4.81. The number of anilines is 1. The largest absolute Gasteiger partial charge is 0.333 e. The Morgan fingerprint density at radius 1 is 1.00 bits per heavy atom. The van der Waals surface area contributed by atoms with Crippen LogP contribution < -0.4 is 16.6 Å². The van der Waals surface area contributed by atoms with E-state index in [2.05, 4.69) is 24.1 Å². The standard InChI is InChI=1S/C22H23N3O3/c1-13(2)16-6-8-17(9-7-16)24-20(26)19-12-23-22(28)25(21(19)27)18-10-5-14(3)15(4)11-18/h5-13H,1-4H3,(H,23,28)(H,24,26). The van der Waals surface area contributed by atoms with Crippen molar-refractivity contribution in [3.05, 3.63) is 91.8 Å². The molecule has 0 unspecified atom stereocenters. The first-order chi connectivity index (χ1) is 13.3. The molecule has 0 spiro atoms. The van der Waals surface area contributed by atoms with E-state index in [0.29, 0.717) is 17.3 Å². The minimum Gasteiger partial charge on any atom is -0.322 e. The summed E-state index contributed by atoms with van der Waals surface area (Å²) in [5.74, 6) is -0.190. The molecule has 0 atom stereocenters. The monoisotopic (exact) mass is 377 g/mol. The Kier molecular flexibility index (Phi) is 5.31. The number of hydrogen-bond acceptors (Lipinski definition) is 3. The van der Waals surface area contributed by atoms with Crippen LogP contribution in [-0.2, 0) is 0 Å². The fourth-order valence-corrected chi connectivity index (χ4v) is 2.88. The number of nitrogens with zero attached hydrogens (tertiary/aromatic N) is 1. The van der Waals surface area contributed by atoms with E-state index in [9.17, 15) is 14.4 Å². The molecular weight excluding hydrogens is 354 g/mol. The first-order valence-corrected chi connectivity index (χ1v) is 9.11. The predicted molar refractivity (Wildman–Crippen MR) is 111 cm³/mol. The van der Waals surface area contributed by atoms with Crippen molar-refractivity contribution in [2.75, 3.05) is 5.32 Å². The van der Waals surface area contributed by atoms with Gasteiger partial charge < -0.3 is 10.3 Å². The summed E-state index contributed by atoms with van der Waals surface area (Å²) in [7, 11) is 0. The maximum atomic E-state index is 12.8. The van der Waals surface area contributed by atoms with E-state index < -0.39 is 17.2 Å². The number of benzene rings is 2. The fourth-order valence-electron chi connectivity index (χ4n) is 2.88. The van der Waals surface area contributed by atoms with Crippen LogP contribution in [0.15, 0.2) is 58.3 Å². The van der Waals surface area contributed by atoms with E-state index in [1.807, 2.05) is 32.0 Å². The van der Waals surface area contributed by atoms with E-state index in [1.54, 1.807) is 24.3 Å². The van der Waals surface area contributed by atoms with Gasteiger partial charge in [-0.1, -0.05) is 32.0 Å². The molecule has 6 heteroatoms. The SMILES string of the molecule is Cc1ccc(-n2c(=O)[nH]cc(C(=O)Nc3ccc(C(C)C)cc3)c2=O)cc1C. The van der Waals surface area contributed by atoms with Crippen LogP contribution in [-0.4, -0.2) is 15.5 Å². The average Bonchev–Trinajstić information content (AvgIpc) is 2.65. The van der Waals surface area contributed by atoms with Crippen LogP contribution in [0.25, 0.3) is 5.69 Å². The van der Waals surface area contributed by atoms with Crippen molar-refractivity contribution in [2.24, 2.45) is 0 Å². The maximum Gasteiger partial charge on any atom is 0.333 e. The fraction of sp³-hybridized carbons (Fsp3) is 0.227.